The number of ether oxygens (including phenoxy) is 1. The molecule has 25 heavy (non-hydrogen) atoms. The molecule has 1 aliphatic heterocycles. The van der Waals surface area contributed by atoms with Gasteiger partial charge in [0.25, 0.3) is 5.91 Å². The molecule has 1 aromatic heterocycles. The lowest BCUT2D eigenvalue weighted by Gasteiger charge is -2.23. The zero-order chi connectivity index (χ0) is 17.6. The van der Waals surface area contributed by atoms with Crippen LogP contribution < -0.4 is 14.8 Å². The highest BCUT2D eigenvalue weighted by Crippen LogP contribution is 2.39. The first-order chi connectivity index (χ1) is 11.9. The van der Waals surface area contributed by atoms with Crippen LogP contribution in [0.25, 0.3) is 0 Å². The van der Waals surface area contributed by atoms with E-state index in [0.29, 0.717) is 23.0 Å². The largest absolute Gasteiger partial charge is 0.479 e. The lowest BCUT2D eigenvalue weighted by molar-refractivity contribution is -0.122. The van der Waals surface area contributed by atoms with Crippen LogP contribution in [0.3, 0.4) is 0 Å². The van der Waals surface area contributed by atoms with E-state index in [-0.39, 0.29) is 17.3 Å². The molecular formula is C16H18N4O4S. The van der Waals surface area contributed by atoms with Crippen LogP contribution in [-0.4, -0.2) is 30.6 Å². The van der Waals surface area contributed by atoms with Gasteiger partial charge in [0.1, 0.15) is 5.75 Å². The van der Waals surface area contributed by atoms with E-state index in [2.05, 4.69) is 20.2 Å². The monoisotopic (exact) mass is 362 g/mol. The minimum absolute atomic E-state index is 0.0617. The van der Waals surface area contributed by atoms with E-state index in [1.807, 2.05) is 6.07 Å². The van der Waals surface area contributed by atoms with Crippen LogP contribution in [0.1, 0.15) is 37.1 Å². The standard InChI is InChI=1S/C16H18N4O4S/c1-9-16(21)18-14-7-12(4-5-15(14)24-9)25(22,23)17-8-11-6-13(20-19-11)10-2-3-10/h4-7,9-10,17H,2-3,8H2,1H3,(H,18,21)(H,19,20)/t9-/m0/s1. The van der Waals surface area contributed by atoms with Crippen molar-refractivity contribution in [3.05, 3.63) is 35.7 Å². The second kappa shape index (κ2) is 5.85. The van der Waals surface area contributed by atoms with Crippen molar-refractivity contribution < 1.29 is 17.9 Å². The quantitative estimate of drug-likeness (QED) is 0.746. The molecule has 1 fully saturated rings. The van der Waals surface area contributed by atoms with Crippen LogP contribution in [0.15, 0.2) is 29.2 Å². The summed E-state index contributed by atoms with van der Waals surface area (Å²) in [6.07, 6.45) is 1.67. The van der Waals surface area contributed by atoms with Crippen molar-refractivity contribution in [1.82, 2.24) is 14.9 Å². The molecule has 8 nitrogen and oxygen atoms in total. The highest BCUT2D eigenvalue weighted by Gasteiger charge is 2.27. The number of nitrogens with zero attached hydrogens (tertiary/aromatic N) is 1. The van der Waals surface area contributed by atoms with Crippen molar-refractivity contribution in [3.63, 3.8) is 0 Å². The Morgan fingerprint density at radius 1 is 1.32 bits per heavy atom. The van der Waals surface area contributed by atoms with Crippen molar-refractivity contribution >= 4 is 21.6 Å². The molecule has 1 saturated carbocycles. The number of aromatic amines is 1. The smallest absolute Gasteiger partial charge is 0.265 e. The Bertz CT molecular complexity index is 933. The molecule has 2 aliphatic rings. The maximum Gasteiger partial charge on any atom is 0.265 e. The highest BCUT2D eigenvalue weighted by molar-refractivity contribution is 7.89. The maximum absolute atomic E-state index is 12.5. The minimum Gasteiger partial charge on any atom is -0.479 e. The fourth-order valence-electron chi connectivity index (χ4n) is 2.67. The Labute approximate surface area is 145 Å². The number of rotatable bonds is 5. The highest BCUT2D eigenvalue weighted by atomic mass is 32.2. The molecule has 0 unspecified atom stereocenters. The van der Waals surface area contributed by atoms with Crippen LogP contribution in [0, 0.1) is 0 Å². The number of aromatic nitrogens is 2. The summed E-state index contributed by atoms with van der Waals surface area (Å²) >= 11 is 0. The van der Waals surface area contributed by atoms with Crippen molar-refractivity contribution in [3.8, 4) is 5.75 Å². The van der Waals surface area contributed by atoms with Gasteiger partial charge >= 0.3 is 0 Å². The molecule has 1 aromatic carbocycles. The molecule has 9 heteroatoms. The van der Waals surface area contributed by atoms with E-state index in [1.54, 1.807) is 13.0 Å². The van der Waals surface area contributed by atoms with Crippen LogP contribution in [-0.2, 0) is 21.4 Å². The third kappa shape index (κ3) is 3.24. The van der Waals surface area contributed by atoms with Crippen molar-refractivity contribution in [2.24, 2.45) is 0 Å². The number of carbonyl (C=O) groups excluding carboxylic acids is 1. The molecule has 0 radical (unpaired) electrons. The van der Waals surface area contributed by atoms with Crippen LogP contribution in [0.2, 0.25) is 0 Å². The summed E-state index contributed by atoms with van der Waals surface area (Å²) in [7, 11) is -3.72. The number of carbonyl (C=O) groups is 1. The number of sulfonamides is 1. The molecular weight excluding hydrogens is 344 g/mol. The molecule has 4 rings (SSSR count). The van der Waals surface area contributed by atoms with Gasteiger partial charge in [0.2, 0.25) is 10.0 Å². The number of fused-ring (bicyclic) bond motifs is 1. The number of anilines is 1. The molecule has 0 spiro atoms. The Kier molecular flexibility index (Phi) is 3.77. The summed E-state index contributed by atoms with van der Waals surface area (Å²) in [4.78, 5) is 11.7. The third-order valence-corrected chi connectivity index (χ3v) is 5.69. The normalized spacial score (nSPS) is 19.9. The first-order valence-electron chi connectivity index (χ1n) is 8.08. The predicted octanol–water partition coefficient (Wildman–Crippen LogP) is 1.48. The fourth-order valence-corrected chi connectivity index (χ4v) is 3.70. The summed E-state index contributed by atoms with van der Waals surface area (Å²) < 4.78 is 33.0. The van der Waals surface area contributed by atoms with E-state index in [9.17, 15) is 13.2 Å². The van der Waals surface area contributed by atoms with Gasteiger partial charge in [-0.1, -0.05) is 0 Å². The van der Waals surface area contributed by atoms with Crippen molar-refractivity contribution in [1.29, 1.82) is 0 Å². The van der Waals surface area contributed by atoms with E-state index < -0.39 is 16.1 Å². The van der Waals surface area contributed by atoms with Gasteiger partial charge in [-0.25, -0.2) is 13.1 Å². The van der Waals surface area contributed by atoms with Gasteiger partial charge in [0.05, 0.1) is 28.5 Å². The Balaban J connectivity index is 1.49. The number of hydrogen-bond acceptors (Lipinski definition) is 5. The fraction of sp³-hybridized carbons (Fsp3) is 0.375. The van der Waals surface area contributed by atoms with E-state index in [0.717, 1.165) is 18.5 Å². The Morgan fingerprint density at radius 2 is 2.12 bits per heavy atom. The Hall–Kier alpha value is -2.39. The van der Waals surface area contributed by atoms with Crippen LogP contribution in [0.5, 0.6) is 5.75 Å². The number of H-pyrrole nitrogens is 1. The van der Waals surface area contributed by atoms with Gasteiger partial charge in [0.15, 0.2) is 6.10 Å². The first-order valence-corrected chi connectivity index (χ1v) is 9.56. The molecule has 1 atom stereocenters. The topological polar surface area (TPSA) is 113 Å². The van der Waals surface area contributed by atoms with E-state index in [4.69, 9.17) is 4.74 Å². The molecule has 2 aromatic rings. The number of amides is 1. The first kappa shape index (κ1) is 16.1. The molecule has 1 aliphatic carbocycles. The van der Waals surface area contributed by atoms with Gasteiger partial charge in [0, 0.05) is 5.92 Å². The molecule has 0 bridgehead atoms. The van der Waals surface area contributed by atoms with Crippen LogP contribution in [0.4, 0.5) is 5.69 Å². The lowest BCUT2D eigenvalue weighted by Crippen LogP contribution is -2.34. The summed E-state index contributed by atoms with van der Waals surface area (Å²) in [6.45, 7) is 1.75. The predicted molar refractivity (Wildman–Crippen MR) is 89.7 cm³/mol. The summed E-state index contributed by atoms with van der Waals surface area (Å²) in [5.41, 5.74) is 2.05. The maximum atomic E-state index is 12.5. The van der Waals surface area contributed by atoms with Gasteiger partial charge in [-0.15, -0.1) is 0 Å². The third-order valence-electron chi connectivity index (χ3n) is 4.29. The SMILES string of the molecule is C[C@@H]1Oc2ccc(S(=O)(=O)NCc3cc(C4CC4)n[nH]3)cc2NC1=O. The molecule has 2 heterocycles. The second-order valence-electron chi connectivity index (χ2n) is 6.32. The van der Waals surface area contributed by atoms with Crippen molar-refractivity contribution in [2.75, 3.05) is 5.32 Å². The summed E-state index contributed by atoms with van der Waals surface area (Å²) in [6, 6.07) is 6.28. The molecule has 1 amide bonds. The lowest BCUT2D eigenvalue weighted by atomic mass is 10.2. The van der Waals surface area contributed by atoms with Crippen LogP contribution >= 0.6 is 0 Å². The summed E-state index contributed by atoms with van der Waals surface area (Å²) in [5, 5.41) is 9.70. The second-order valence-corrected chi connectivity index (χ2v) is 8.09. The molecule has 132 valence electrons. The zero-order valence-corrected chi connectivity index (χ0v) is 14.4. The molecule has 3 N–H and O–H groups in total. The van der Waals surface area contributed by atoms with Gasteiger partial charge in [-0.05, 0) is 44.0 Å². The van der Waals surface area contributed by atoms with Gasteiger partial charge in [-0.2, -0.15) is 5.10 Å². The molecule has 0 saturated heterocycles. The Morgan fingerprint density at radius 3 is 2.88 bits per heavy atom. The average molecular weight is 362 g/mol. The van der Waals surface area contributed by atoms with E-state index in [1.165, 1.54) is 12.1 Å². The number of benzene rings is 1. The summed E-state index contributed by atoms with van der Waals surface area (Å²) in [5.74, 6) is 0.655. The number of hydrogen-bond donors (Lipinski definition) is 3. The van der Waals surface area contributed by atoms with Gasteiger partial charge < -0.3 is 10.1 Å². The van der Waals surface area contributed by atoms with E-state index >= 15 is 0 Å². The average Bonchev–Trinajstić information content (AvgIpc) is 3.32. The zero-order valence-electron chi connectivity index (χ0n) is 13.6. The van der Waals surface area contributed by atoms with Gasteiger partial charge in [-0.3, -0.25) is 9.89 Å². The minimum atomic E-state index is -3.72. The van der Waals surface area contributed by atoms with Crippen molar-refractivity contribution in [2.45, 2.75) is 43.2 Å². The number of nitrogens with one attached hydrogen (secondary N) is 3.